The monoisotopic (exact) mass is 389 g/mol. The van der Waals surface area contributed by atoms with Crippen LogP contribution in [-0.4, -0.2) is 25.8 Å². The Hall–Kier alpha value is -3.25. The van der Waals surface area contributed by atoms with Gasteiger partial charge in [-0.2, -0.15) is 5.10 Å². The Morgan fingerprint density at radius 2 is 1.61 bits per heavy atom. The van der Waals surface area contributed by atoms with Crippen molar-refractivity contribution in [2.75, 3.05) is 0 Å². The average molecular weight is 389 g/mol. The van der Waals surface area contributed by atoms with Crippen molar-refractivity contribution in [1.29, 1.82) is 0 Å². The summed E-state index contributed by atoms with van der Waals surface area (Å²) in [5.74, 6) is -0.818. The van der Waals surface area contributed by atoms with Gasteiger partial charge in [0.2, 0.25) is 5.13 Å². The Bertz CT molecular complexity index is 1120. The van der Waals surface area contributed by atoms with Crippen LogP contribution in [0.3, 0.4) is 0 Å². The van der Waals surface area contributed by atoms with Crippen LogP contribution in [0.1, 0.15) is 35.8 Å². The highest BCUT2D eigenvalue weighted by Gasteiger charge is 2.25. The van der Waals surface area contributed by atoms with E-state index in [0.29, 0.717) is 5.13 Å². The van der Waals surface area contributed by atoms with Gasteiger partial charge in [-0.3, -0.25) is 0 Å². The summed E-state index contributed by atoms with van der Waals surface area (Å²) in [6, 6.07) is 20.1. The van der Waals surface area contributed by atoms with Crippen LogP contribution in [0.4, 0.5) is 0 Å². The van der Waals surface area contributed by atoms with Gasteiger partial charge in [-0.15, -0.1) is 11.3 Å². The van der Waals surface area contributed by atoms with E-state index in [9.17, 15) is 9.90 Å². The summed E-state index contributed by atoms with van der Waals surface area (Å²) in [5, 5.41) is 16.3. The second-order valence-electron chi connectivity index (χ2n) is 6.73. The van der Waals surface area contributed by atoms with Crippen molar-refractivity contribution in [2.24, 2.45) is 0 Å². The SMILES string of the molecule is CC(C)c1c(-c2ccccc2)nn(-c2nc(C(=O)O)cs2)c1-c1ccccc1. The van der Waals surface area contributed by atoms with Crippen LogP contribution < -0.4 is 0 Å². The lowest BCUT2D eigenvalue weighted by atomic mass is 9.94. The van der Waals surface area contributed by atoms with Crippen LogP contribution in [0.15, 0.2) is 66.0 Å². The van der Waals surface area contributed by atoms with Gasteiger partial charge in [0.25, 0.3) is 0 Å². The molecule has 0 saturated carbocycles. The van der Waals surface area contributed by atoms with Crippen molar-refractivity contribution in [3.63, 3.8) is 0 Å². The fraction of sp³-hybridized carbons (Fsp3) is 0.136. The van der Waals surface area contributed by atoms with Crippen LogP contribution in [-0.2, 0) is 0 Å². The molecule has 5 nitrogen and oxygen atoms in total. The molecule has 4 aromatic rings. The molecule has 2 heterocycles. The van der Waals surface area contributed by atoms with E-state index in [1.165, 1.54) is 11.3 Å². The Balaban J connectivity index is 2.02. The van der Waals surface area contributed by atoms with E-state index in [4.69, 9.17) is 5.10 Å². The first-order valence-electron chi connectivity index (χ1n) is 8.99. The minimum Gasteiger partial charge on any atom is -0.476 e. The van der Waals surface area contributed by atoms with Crippen molar-refractivity contribution < 1.29 is 9.90 Å². The predicted octanol–water partition coefficient (Wildman–Crippen LogP) is 5.48. The Labute approximate surface area is 166 Å². The average Bonchev–Trinajstić information content (AvgIpc) is 3.34. The van der Waals surface area contributed by atoms with Crippen molar-refractivity contribution in [2.45, 2.75) is 19.8 Å². The number of carboxylic acid groups (broad SMARTS) is 1. The fourth-order valence-corrected chi connectivity index (χ4v) is 4.01. The van der Waals surface area contributed by atoms with E-state index < -0.39 is 5.97 Å². The molecule has 2 aromatic heterocycles. The number of aromatic carboxylic acids is 1. The van der Waals surface area contributed by atoms with Crippen LogP contribution in [0, 0.1) is 0 Å². The molecule has 0 aliphatic heterocycles. The third-order valence-electron chi connectivity index (χ3n) is 4.49. The molecule has 0 aliphatic rings. The summed E-state index contributed by atoms with van der Waals surface area (Å²) in [4.78, 5) is 15.6. The highest BCUT2D eigenvalue weighted by atomic mass is 32.1. The van der Waals surface area contributed by atoms with E-state index in [0.717, 1.165) is 28.1 Å². The van der Waals surface area contributed by atoms with Gasteiger partial charge in [-0.05, 0) is 5.92 Å². The summed E-state index contributed by atoms with van der Waals surface area (Å²) in [6.45, 7) is 4.29. The number of carbonyl (C=O) groups is 1. The molecule has 4 rings (SSSR count). The van der Waals surface area contributed by atoms with Gasteiger partial charge in [0.1, 0.15) is 0 Å². The summed E-state index contributed by atoms with van der Waals surface area (Å²) in [6.07, 6.45) is 0. The molecular formula is C22H19N3O2S. The molecule has 6 heteroatoms. The maximum Gasteiger partial charge on any atom is 0.355 e. The highest BCUT2D eigenvalue weighted by molar-refractivity contribution is 7.12. The first-order chi connectivity index (χ1) is 13.6. The van der Waals surface area contributed by atoms with Crippen LogP contribution >= 0.6 is 11.3 Å². The Kier molecular flexibility index (Phi) is 4.79. The van der Waals surface area contributed by atoms with Crippen molar-refractivity contribution in [1.82, 2.24) is 14.8 Å². The molecular weight excluding hydrogens is 370 g/mol. The van der Waals surface area contributed by atoms with Crippen molar-refractivity contribution in [3.05, 3.63) is 77.3 Å². The Morgan fingerprint density at radius 3 is 2.14 bits per heavy atom. The van der Waals surface area contributed by atoms with Gasteiger partial charge in [0, 0.05) is 22.1 Å². The first-order valence-corrected chi connectivity index (χ1v) is 9.87. The predicted molar refractivity (Wildman–Crippen MR) is 111 cm³/mol. The molecule has 0 fully saturated rings. The number of hydrogen-bond acceptors (Lipinski definition) is 4. The van der Waals surface area contributed by atoms with Gasteiger partial charge in [-0.1, -0.05) is 74.5 Å². The summed E-state index contributed by atoms with van der Waals surface area (Å²) >= 11 is 1.28. The molecule has 0 spiro atoms. The molecule has 0 saturated heterocycles. The smallest absolute Gasteiger partial charge is 0.355 e. The van der Waals surface area contributed by atoms with Gasteiger partial charge in [-0.25, -0.2) is 14.5 Å². The number of benzene rings is 2. The second kappa shape index (κ2) is 7.40. The largest absolute Gasteiger partial charge is 0.476 e. The summed E-state index contributed by atoms with van der Waals surface area (Å²) < 4.78 is 1.78. The molecule has 0 atom stereocenters. The lowest BCUT2D eigenvalue weighted by Gasteiger charge is -2.11. The molecule has 0 amide bonds. The Morgan fingerprint density at radius 1 is 1.00 bits per heavy atom. The van der Waals surface area contributed by atoms with Crippen molar-refractivity contribution >= 4 is 17.3 Å². The quantitative estimate of drug-likeness (QED) is 0.490. The van der Waals surface area contributed by atoms with Crippen LogP contribution in [0.25, 0.3) is 27.6 Å². The van der Waals surface area contributed by atoms with Gasteiger partial charge in [0.05, 0.1) is 11.4 Å². The van der Waals surface area contributed by atoms with Crippen molar-refractivity contribution in [3.8, 4) is 27.6 Å². The molecule has 0 aliphatic carbocycles. The van der Waals surface area contributed by atoms with E-state index in [1.807, 2.05) is 60.7 Å². The third kappa shape index (κ3) is 3.23. The van der Waals surface area contributed by atoms with Gasteiger partial charge >= 0.3 is 5.97 Å². The number of hydrogen-bond donors (Lipinski definition) is 1. The number of aromatic nitrogens is 3. The molecule has 0 unspecified atom stereocenters. The van der Waals surface area contributed by atoms with Gasteiger partial charge in [0.15, 0.2) is 5.69 Å². The minimum atomic E-state index is -1.04. The molecule has 2 aromatic carbocycles. The highest BCUT2D eigenvalue weighted by Crippen LogP contribution is 2.39. The maximum atomic E-state index is 11.3. The topological polar surface area (TPSA) is 68.0 Å². The molecule has 0 bridgehead atoms. The fourth-order valence-electron chi connectivity index (χ4n) is 3.26. The first kappa shape index (κ1) is 18.1. The van der Waals surface area contributed by atoms with Crippen LogP contribution in [0.2, 0.25) is 0 Å². The molecule has 140 valence electrons. The standard InChI is InChI=1S/C22H19N3O2S/c1-14(2)18-19(15-9-5-3-6-10-15)24-25(20(18)16-11-7-4-8-12-16)22-23-17(13-28-22)21(26)27/h3-14H,1-2H3,(H,26,27). The lowest BCUT2D eigenvalue weighted by Crippen LogP contribution is -2.02. The number of nitrogens with zero attached hydrogens (tertiary/aromatic N) is 3. The van der Waals surface area contributed by atoms with E-state index in [1.54, 1.807) is 10.1 Å². The number of thiazole rings is 1. The maximum absolute atomic E-state index is 11.3. The summed E-state index contributed by atoms with van der Waals surface area (Å²) in [5.41, 5.74) is 5.03. The van der Waals surface area contributed by atoms with E-state index in [2.05, 4.69) is 18.8 Å². The lowest BCUT2D eigenvalue weighted by molar-refractivity contribution is 0.0691. The molecule has 28 heavy (non-hydrogen) atoms. The van der Waals surface area contributed by atoms with E-state index in [-0.39, 0.29) is 11.6 Å². The number of carboxylic acids is 1. The molecule has 1 N–H and O–H groups in total. The second-order valence-corrected chi connectivity index (χ2v) is 7.57. The summed E-state index contributed by atoms with van der Waals surface area (Å²) in [7, 11) is 0. The normalized spacial score (nSPS) is 11.1. The minimum absolute atomic E-state index is 0.0295. The van der Waals surface area contributed by atoms with Crippen LogP contribution in [0.5, 0.6) is 0 Å². The molecule has 0 radical (unpaired) electrons. The van der Waals surface area contributed by atoms with E-state index >= 15 is 0 Å². The third-order valence-corrected chi connectivity index (χ3v) is 5.30. The number of rotatable bonds is 5. The zero-order chi connectivity index (χ0) is 19.7. The van der Waals surface area contributed by atoms with Gasteiger partial charge < -0.3 is 5.11 Å². The zero-order valence-electron chi connectivity index (χ0n) is 15.5. The zero-order valence-corrected chi connectivity index (χ0v) is 16.4.